The number of hydrogen-bond donors (Lipinski definition) is 1. The Morgan fingerprint density at radius 2 is 1.14 bits per heavy atom. The number of carbonyl (C=O) groups excluding carboxylic acids is 1. The summed E-state index contributed by atoms with van der Waals surface area (Å²) in [6.45, 7) is 3.02. The third-order valence-corrected chi connectivity index (χ3v) is 6.77. The molecule has 3 nitrogen and oxygen atoms in total. The first-order valence-corrected chi connectivity index (χ1v) is 14.5. The fraction of sp³-hybridized carbons (Fsp3) is 0.545. The Bertz CT molecular complexity index is 839. The minimum atomic E-state index is -0.0174. The monoisotopic (exact) mass is 491 g/mol. The molecule has 0 radical (unpaired) electrons. The van der Waals surface area contributed by atoms with Gasteiger partial charge in [0.2, 0.25) is 0 Å². The summed E-state index contributed by atoms with van der Waals surface area (Å²) in [4.78, 5) is 12.4. The lowest BCUT2D eigenvalue weighted by molar-refractivity contribution is 0.104. The quantitative estimate of drug-likeness (QED) is 0.0818. The second-order valence-electron chi connectivity index (χ2n) is 10.0. The minimum Gasteiger partial charge on any atom is -0.494 e. The van der Waals surface area contributed by atoms with Crippen LogP contribution in [0, 0.1) is 0 Å². The van der Waals surface area contributed by atoms with Gasteiger partial charge in [0.15, 0.2) is 5.78 Å². The van der Waals surface area contributed by atoms with E-state index in [1.807, 2.05) is 54.6 Å². The first kappa shape index (κ1) is 29.7. The van der Waals surface area contributed by atoms with Crippen LogP contribution >= 0.6 is 0 Å². The molecule has 36 heavy (non-hydrogen) atoms. The van der Waals surface area contributed by atoms with Gasteiger partial charge in [-0.05, 0) is 54.5 Å². The number of allylic oxidation sites excluding steroid dienone is 1. The maximum atomic E-state index is 12.4. The van der Waals surface area contributed by atoms with Crippen molar-refractivity contribution in [2.75, 3.05) is 12.3 Å². The molecule has 0 heterocycles. The lowest BCUT2D eigenvalue weighted by atomic mass is 10.0. The van der Waals surface area contributed by atoms with Crippen LogP contribution in [-0.4, -0.2) is 12.4 Å². The smallest absolute Gasteiger partial charge is 0.185 e. The highest BCUT2D eigenvalue weighted by Gasteiger charge is 2.03. The van der Waals surface area contributed by atoms with Crippen molar-refractivity contribution in [2.45, 2.75) is 110 Å². The number of nitrogens with two attached hydrogens (primary N) is 1. The van der Waals surface area contributed by atoms with Gasteiger partial charge in [-0.25, -0.2) is 0 Å². The molecule has 0 spiro atoms. The van der Waals surface area contributed by atoms with Gasteiger partial charge < -0.3 is 10.5 Å². The summed E-state index contributed by atoms with van der Waals surface area (Å²) >= 11 is 0. The molecule has 0 amide bonds. The molecular formula is C33H49NO2. The van der Waals surface area contributed by atoms with Crippen molar-refractivity contribution in [3.63, 3.8) is 0 Å². The molecular weight excluding hydrogens is 442 g/mol. The van der Waals surface area contributed by atoms with E-state index in [-0.39, 0.29) is 5.78 Å². The van der Waals surface area contributed by atoms with Crippen LogP contribution in [-0.2, 0) is 0 Å². The Morgan fingerprint density at radius 3 is 1.64 bits per heavy atom. The van der Waals surface area contributed by atoms with Gasteiger partial charge in [-0.3, -0.25) is 4.79 Å². The summed E-state index contributed by atoms with van der Waals surface area (Å²) in [6, 6.07) is 14.9. The molecule has 2 aromatic rings. The van der Waals surface area contributed by atoms with E-state index < -0.39 is 0 Å². The van der Waals surface area contributed by atoms with Crippen molar-refractivity contribution >= 4 is 17.5 Å². The van der Waals surface area contributed by atoms with Crippen molar-refractivity contribution in [1.29, 1.82) is 0 Å². The highest BCUT2D eigenvalue weighted by Crippen LogP contribution is 2.16. The molecule has 198 valence electrons. The molecule has 0 bridgehead atoms. The maximum absolute atomic E-state index is 12.4. The summed E-state index contributed by atoms with van der Waals surface area (Å²) in [5, 5.41) is 0. The zero-order chi connectivity index (χ0) is 25.7. The molecule has 0 aliphatic rings. The number of hydrogen-bond acceptors (Lipinski definition) is 3. The third-order valence-electron chi connectivity index (χ3n) is 6.77. The number of benzene rings is 2. The molecule has 0 atom stereocenters. The standard InChI is InChI=1S/C33H49NO2/c1-2-3-4-5-6-7-8-9-10-11-12-13-14-15-16-17-28-36-32-25-21-30(22-26-32)33(35)27-20-29-18-23-31(34)24-19-29/h18-27H,2-17,28,34H2,1H3. The van der Waals surface area contributed by atoms with Gasteiger partial charge in [-0.15, -0.1) is 0 Å². The van der Waals surface area contributed by atoms with Gasteiger partial charge >= 0.3 is 0 Å². The van der Waals surface area contributed by atoms with E-state index in [1.165, 1.54) is 96.3 Å². The highest BCUT2D eigenvalue weighted by atomic mass is 16.5. The normalized spacial score (nSPS) is 11.2. The van der Waals surface area contributed by atoms with E-state index in [9.17, 15) is 4.79 Å². The van der Waals surface area contributed by atoms with Crippen molar-refractivity contribution in [2.24, 2.45) is 0 Å². The van der Waals surface area contributed by atoms with E-state index in [2.05, 4.69) is 6.92 Å². The molecule has 0 fully saturated rings. The predicted molar refractivity (Wildman–Crippen MR) is 156 cm³/mol. The van der Waals surface area contributed by atoms with Crippen molar-refractivity contribution in [3.8, 4) is 5.75 Å². The fourth-order valence-corrected chi connectivity index (χ4v) is 4.43. The molecule has 2 N–H and O–H groups in total. The molecule has 3 heteroatoms. The van der Waals surface area contributed by atoms with Crippen LogP contribution in [0.5, 0.6) is 5.75 Å². The summed E-state index contributed by atoms with van der Waals surface area (Å²) in [5.74, 6) is 0.811. The minimum absolute atomic E-state index is 0.0174. The van der Waals surface area contributed by atoms with Crippen LogP contribution in [0.2, 0.25) is 0 Å². The number of unbranched alkanes of at least 4 members (excludes halogenated alkanes) is 15. The zero-order valence-corrected chi connectivity index (χ0v) is 22.7. The molecule has 0 saturated carbocycles. The largest absolute Gasteiger partial charge is 0.494 e. The average Bonchev–Trinajstić information content (AvgIpc) is 2.90. The SMILES string of the molecule is CCCCCCCCCCCCCCCCCCOc1ccc(C(=O)C=Cc2ccc(N)cc2)cc1. The number of nitrogen functional groups attached to an aromatic ring is 1. The summed E-state index contributed by atoms with van der Waals surface area (Å²) in [7, 11) is 0. The van der Waals surface area contributed by atoms with E-state index in [4.69, 9.17) is 10.5 Å². The lowest BCUT2D eigenvalue weighted by Gasteiger charge is -2.07. The average molecular weight is 492 g/mol. The number of anilines is 1. The second-order valence-corrected chi connectivity index (χ2v) is 10.0. The Morgan fingerprint density at radius 1 is 0.667 bits per heavy atom. The summed E-state index contributed by atoms with van der Waals surface area (Å²) < 4.78 is 5.86. The maximum Gasteiger partial charge on any atom is 0.185 e. The first-order valence-electron chi connectivity index (χ1n) is 14.5. The van der Waals surface area contributed by atoms with Crippen molar-refractivity contribution in [1.82, 2.24) is 0 Å². The molecule has 0 saturated heterocycles. The summed E-state index contributed by atoms with van der Waals surface area (Å²) in [6.07, 6.45) is 25.4. The molecule has 2 rings (SSSR count). The van der Waals surface area contributed by atoms with Crippen LogP contribution in [0.3, 0.4) is 0 Å². The third kappa shape index (κ3) is 14.1. The van der Waals surface area contributed by atoms with E-state index in [0.717, 1.165) is 24.3 Å². The Kier molecular flexibility index (Phi) is 16.2. The highest BCUT2D eigenvalue weighted by molar-refractivity contribution is 6.06. The molecule has 0 aromatic heterocycles. The van der Waals surface area contributed by atoms with Gasteiger partial charge in [0.1, 0.15) is 5.75 Å². The number of carbonyl (C=O) groups is 1. The van der Waals surface area contributed by atoms with Gasteiger partial charge in [0, 0.05) is 11.3 Å². The molecule has 2 aromatic carbocycles. The van der Waals surface area contributed by atoms with E-state index >= 15 is 0 Å². The van der Waals surface area contributed by atoms with Crippen LogP contribution in [0.1, 0.15) is 126 Å². The van der Waals surface area contributed by atoms with Gasteiger partial charge in [0.05, 0.1) is 6.61 Å². The molecule has 0 unspecified atom stereocenters. The fourth-order valence-electron chi connectivity index (χ4n) is 4.43. The van der Waals surface area contributed by atoms with Crippen LogP contribution < -0.4 is 10.5 Å². The predicted octanol–water partition coefficient (Wildman–Crippen LogP) is 9.81. The van der Waals surface area contributed by atoms with Crippen LogP contribution in [0.4, 0.5) is 5.69 Å². The van der Waals surface area contributed by atoms with Crippen LogP contribution in [0.25, 0.3) is 6.08 Å². The van der Waals surface area contributed by atoms with Crippen LogP contribution in [0.15, 0.2) is 54.6 Å². The first-order chi connectivity index (χ1) is 17.7. The van der Waals surface area contributed by atoms with Gasteiger partial charge in [0.25, 0.3) is 0 Å². The Balaban J connectivity index is 1.43. The van der Waals surface area contributed by atoms with Gasteiger partial charge in [-0.1, -0.05) is 121 Å². The molecule has 0 aliphatic carbocycles. The summed E-state index contributed by atoms with van der Waals surface area (Å²) in [5.41, 5.74) is 8.03. The molecule has 0 aliphatic heterocycles. The van der Waals surface area contributed by atoms with Gasteiger partial charge in [-0.2, -0.15) is 0 Å². The van der Waals surface area contributed by atoms with E-state index in [1.54, 1.807) is 6.08 Å². The van der Waals surface area contributed by atoms with Crippen molar-refractivity contribution < 1.29 is 9.53 Å². The number of rotatable bonds is 21. The second kappa shape index (κ2) is 19.6. The van der Waals surface area contributed by atoms with Crippen molar-refractivity contribution in [3.05, 3.63) is 65.7 Å². The number of ketones is 1. The number of ether oxygens (including phenoxy) is 1. The van der Waals surface area contributed by atoms with E-state index in [0.29, 0.717) is 11.3 Å². The zero-order valence-electron chi connectivity index (χ0n) is 22.7. The Labute approximate surface area is 220 Å². The lowest BCUT2D eigenvalue weighted by Crippen LogP contribution is -1.99. The topological polar surface area (TPSA) is 52.3 Å². The Hall–Kier alpha value is -2.55.